The molecular weight excluding hydrogens is 410 g/mol. The average molecular weight is 444 g/mol. The van der Waals surface area contributed by atoms with Gasteiger partial charge in [0.1, 0.15) is 0 Å². The second kappa shape index (κ2) is 10.6. The van der Waals surface area contributed by atoms with Gasteiger partial charge in [-0.3, -0.25) is 4.99 Å². The van der Waals surface area contributed by atoms with E-state index >= 15 is 0 Å². The van der Waals surface area contributed by atoms with Crippen LogP contribution in [0.25, 0.3) is 0 Å². The predicted octanol–water partition coefficient (Wildman–Crippen LogP) is 2.80. The van der Waals surface area contributed by atoms with E-state index in [1.165, 1.54) is 24.1 Å². The molecule has 1 saturated heterocycles. The Balaban J connectivity index is 1.49. The maximum Gasteiger partial charge on any atom is 0.240 e. The molecule has 3 N–H and O–H groups in total. The number of hydrogen-bond donors (Lipinski definition) is 3. The van der Waals surface area contributed by atoms with Crippen LogP contribution in [0.2, 0.25) is 0 Å². The van der Waals surface area contributed by atoms with Crippen molar-refractivity contribution in [1.29, 1.82) is 0 Å². The molecule has 0 aromatic heterocycles. The first-order chi connectivity index (χ1) is 14.9. The number of anilines is 1. The number of benzene rings is 2. The Bertz CT molecular complexity index is 983. The van der Waals surface area contributed by atoms with Gasteiger partial charge in [0.15, 0.2) is 5.96 Å². The SMILES string of the molecule is CN=C(NCCNS(=O)(=O)c1ccc(C)cc1)NC(C)c1cccc(N2CCCC2)c1. The zero-order valence-corrected chi connectivity index (χ0v) is 19.4. The summed E-state index contributed by atoms with van der Waals surface area (Å²) in [5, 5.41) is 6.55. The normalized spacial score (nSPS) is 15.7. The lowest BCUT2D eigenvalue weighted by atomic mass is 10.1. The number of nitrogens with one attached hydrogen (secondary N) is 3. The van der Waals surface area contributed by atoms with E-state index in [0.717, 1.165) is 18.7 Å². The van der Waals surface area contributed by atoms with E-state index in [2.05, 4.69) is 56.4 Å². The van der Waals surface area contributed by atoms with Crippen LogP contribution in [0.1, 0.15) is 36.9 Å². The highest BCUT2D eigenvalue weighted by Crippen LogP contribution is 2.23. The molecule has 1 atom stereocenters. The largest absolute Gasteiger partial charge is 0.372 e. The molecule has 0 bridgehead atoms. The molecular formula is C23H33N5O2S. The highest BCUT2D eigenvalue weighted by molar-refractivity contribution is 7.89. The first-order valence-electron chi connectivity index (χ1n) is 10.8. The Morgan fingerprint density at radius 3 is 2.48 bits per heavy atom. The molecule has 7 nitrogen and oxygen atoms in total. The van der Waals surface area contributed by atoms with E-state index in [1.54, 1.807) is 31.3 Å². The van der Waals surface area contributed by atoms with Gasteiger partial charge in [0.05, 0.1) is 10.9 Å². The van der Waals surface area contributed by atoms with Gasteiger partial charge in [-0.2, -0.15) is 0 Å². The van der Waals surface area contributed by atoms with E-state index in [9.17, 15) is 8.42 Å². The Morgan fingerprint density at radius 1 is 1.10 bits per heavy atom. The highest BCUT2D eigenvalue weighted by atomic mass is 32.2. The quantitative estimate of drug-likeness (QED) is 0.332. The Labute approximate surface area is 186 Å². The Kier molecular flexibility index (Phi) is 7.92. The van der Waals surface area contributed by atoms with Crippen LogP contribution in [0.3, 0.4) is 0 Å². The zero-order chi connectivity index (χ0) is 22.3. The van der Waals surface area contributed by atoms with E-state index in [-0.39, 0.29) is 17.5 Å². The summed E-state index contributed by atoms with van der Waals surface area (Å²) >= 11 is 0. The average Bonchev–Trinajstić information content (AvgIpc) is 3.31. The minimum absolute atomic E-state index is 0.0676. The van der Waals surface area contributed by atoms with Crippen LogP contribution in [0.5, 0.6) is 0 Å². The highest BCUT2D eigenvalue weighted by Gasteiger charge is 2.15. The van der Waals surface area contributed by atoms with Crippen molar-refractivity contribution >= 4 is 21.7 Å². The van der Waals surface area contributed by atoms with Crippen molar-refractivity contribution in [1.82, 2.24) is 15.4 Å². The van der Waals surface area contributed by atoms with Gasteiger partial charge in [-0.25, -0.2) is 13.1 Å². The fourth-order valence-electron chi connectivity index (χ4n) is 3.62. The number of hydrogen-bond acceptors (Lipinski definition) is 4. The first kappa shape index (κ1) is 23.1. The van der Waals surface area contributed by atoms with Crippen molar-refractivity contribution in [3.8, 4) is 0 Å². The van der Waals surface area contributed by atoms with Gasteiger partial charge in [-0.05, 0) is 56.5 Å². The molecule has 2 aromatic rings. The number of nitrogens with zero attached hydrogens (tertiary/aromatic N) is 2. The van der Waals surface area contributed by atoms with E-state index in [1.807, 2.05) is 6.92 Å². The third-order valence-corrected chi connectivity index (χ3v) is 6.94. The van der Waals surface area contributed by atoms with Crippen molar-refractivity contribution in [2.75, 3.05) is 38.1 Å². The minimum Gasteiger partial charge on any atom is -0.372 e. The van der Waals surface area contributed by atoms with Gasteiger partial charge in [-0.1, -0.05) is 29.8 Å². The number of aliphatic imine (C=N–C) groups is 1. The number of aryl methyl sites for hydroxylation is 1. The zero-order valence-electron chi connectivity index (χ0n) is 18.6. The van der Waals surface area contributed by atoms with Crippen LogP contribution in [-0.4, -0.2) is 47.6 Å². The summed E-state index contributed by atoms with van der Waals surface area (Å²) in [6.07, 6.45) is 2.50. The summed E-state index contributed by atoms with van der Waals surface area (Å²) in [7, 11) is -1.81. The molecule has 8 heteroatoms. The molecule has 1 heterocycles. The molecule has 3 rings (SSSR count). The molecule has 168 valence electrons. The molecule has 1 aliphatic rings. The van der Waals surface area contributed by atoms with Gasteiger partial charge >= 0.3 is 0 Å². The summed E-state index contributed by atoms with van der Waals surface area (Å²) in [5.74, 6) is 0.633. The van der Waals surface area contributed by atoms with Gasteiger partial charge in [0, 0.05) is 38.9 Å². The standard InChI is InChI=1S/C23H33N5O2S/c1-18-9-11-22(12-10-18)31(29,30)26-14-13-25-23(24-3)27-19(2)20-7-6-8-21(17-20)28-15-4-5-16-28/h6-12,17,19,26H,4-5,13-16H2,1-3H3,(H2,24,25,27). The summed E-state index contributed by atoms with van der Waals surface area (Å²) in [4.78, 5) is 6.95. The van der Waals surface area contributed by atoms with Crippen molar-refractivity contribution in [3.05, 3.63) is 59.7 Å². The molecule has 0 amide bonds. The number of guanidine groups is 1. The first-order valence-corrected chi connectivity index (χ1v) is 12.3. The number of rotatable bonds is 8. The molecule has 1 fully saturated rings. The summed E-state index contributed by atoms with van der Waals surface area (Å²) < 4.78 is 27.4. The molecule has 1 unspecified atom stereocenters. The third-order valence-electron chi connectivity index (χ3n) is 5.46. The lowest BCUT2D eigenvalue weighted by molar-refractivity contribution is 0.580. The monoisotopic (exact) mass is 443 g/mol. The van der Waals surface area contributed by atoms with Gasteiger partial charge in [-0.15, -0.1) is 0 Å². The minimum atomic E-state index is -3.52. The van der Waals surface area contributed by atoms with Crippen LogP contribution >= 0.6 is 0 Å². The summed E-state index contributed by atoms with van der Waals surface area (Å²) in [6, 6.07) is 15.5. The summed E-state index contributed by atoms with van der Waals surface area (Å²) in [5.41, 5.74) is 3.47. The van der Waals surface area contributed by atoms with Gasteiger partial charge in [0.2, 0.25) is 10.0 Å². The predicted molar refractivity (Wildman–Crippen MR) is 127 cm³/mol. The Hall–Kier alpha value is -2.58. The van der Waals surface area contributed by atoms with Gasteiger partial charge in [0.25, 0.3) is 0 Å². The maximum absolute atomic E-state index is 12.4. The molecule has 2 aromatic carbocycles. The lowest BCUT2D eigenvalue weighted by Gasteiger charge is -2.22. The molecule has 0 aliphatic carbocycles. The van der Waals surface area contributed by atoms with E-state index < -0.39 is 10.0 Å². The third kappa shape index (κ3) is 6.45. The van der Waals surface area contributed by atoms with Crippen LogP contribution < -0.4 is 20.3 Å². The second-order valence-corrected chi connectivity index (χ2v) is 9.63. The van der Waals surface area contributed by atoms with E-state index in [4.69, 9.17) is 0 Å². The molecule has 0 saturated carbocycles. The molecule has 31 heavy (non-hydrogen) atoms. The number of sulfonamides is 1. The second-order valence-electron chi connectivity index (χ2n) is 7.86. The van der Waals surface area contributed by atoms with Crippen LogP contribution in [0, 0.1) is 6.92 Å². The molecule has 1 aliphatic heterocycles. The molecule has 0 radical (unpaired) electrons. The fraction of sp³-hybridized carbons (Fsp3) is 0.435. The smallest absolute Gasteiger partial charge is 0.240 e. The van der Waals surface area contributed by atoms with Crippen molar-refractivity contribution in [2.24, 2.45) is 4.99 Å². The topological polar surface area (TPSA) is 85.8 Å². The molecule has 0 spiro atoms. The lowest BCUT2D eigenvalue weighted by Crippen LogP contribution is -2.42. The summed E-state index contributed by atoms with van der Waals surface area (Å²) in [6.45, 7) is 6.94. The van der Waals surface area contributed by atoms with Crippen molar-refractivity contribution in [2.45, 2.75) is 37.6 Å². The van der Waals surface area contributed by atoms with Crippen LogP contribution in [0.15, 0.2) is 58.4 Å². The van der Waals surface area contributed by atoms with Crippen LogP contribution in [-0.2, 0) is 10.0 Å². The van der Waals surface area contributed by atoms with Gasteiger partial charge < -0.3 is 15.5 Å². The maximum atomic E-state index is 12.4. The van der Waals surface area contributed by atoms with Crippen molar-refractivity contribution in [3.63, 3.8) is 0 Å². The van der Waals surface area contributed by atoms with Crippen LogP contribution in [0.4, 0.5) is 5.69 Å². The van der Waals surface area contributed by atoms with Crippen molar-refractivity contribution < 1.29 is 8.42 Å². The fourth-order valence-corrected chi connectivity index (χ4v) is 4.65. The Morgan fingerprint density at radius 2 is 1.81 bits per heavy atom. The van der Waals surface area contributed by atoms with E-state index in [0.29, 0.717) is 12.5 Å².